The van der Waals surface area contributed by atoms with Gasteiger partial charge in [-0.25, -0.2) is 4.39 Å². The summed E-state index contributed by atoms with van der Waals surface area (Å²) in [5.74, 6) is -1.32. The summed E-state index contributed by atoms with van der Waals surface area (Å²) in [5, 5.41) is 9.42. The van der Waals surface area contributed by atoms with Gasteiger partial charge < -0.3 is 5.11 Å². The van der Waals surface area contributed by atoms with Gasteiger partial charge in [-0.3, -0.25) is 14.7 Å². The quantitative estimate of drug-likeness (QED) is 0.887. The zero-order chi connectivity index (χ0) is 15.2. The van der Waals surface area contributed by atoms with E-state index in [9.17, 15) is 14.3 Å². The molecule has 0 aliphatic carbocycles. The number of hydrogen-bond acceptors (Lipinski definition) is 3. The largest absolute Gasteiger partial charge is 0.480 e. The van der Waals surface area contributed by atoms with E-state index >= 15 is 0 Å². The van der Waals surface area contributed by atoms with Gasteiger partial charge in [-0.05, 0) is 48.9 Å². The molecule has 2 rings (SSSR count). The Balaban J connectivity index is 2.07. The predicted molar refractivity (Wildman–Crippen MR) is 77.3 cm³/mol. The van der Waals surface area contributed by atoms with E-state index in [2.05, 4.69) is 4.98 Å². The number of carboxylic acids is 1. The molecule has 0 aliphatic rings. The van der Waals surface area contributed by atoms with Gasteiger partial charge in [0, 0.05) is 18.9 Å². The Morgan fingerprint density at radius 1 is 1.24 bits per heavy atom. The molecule has 2 aromatic rings. The molecule has 1 heterocycles. The first-order valence-corrected chi connectivity index (χ1v) is 6.65. The first kappa shape index (κ1) is 15.1. The molecule has 1 atom stereocenters. The average molecular weight is 288 g/mol. The second kappa shape index (κ2) is 6.95. The van der Waals surface area contributed by atoms with Crippen molar-refractivity contribution in [1.29, 1.82) is 0 Å². The van der Waals surface area contributed by atoms with E-state index in [0.717, 1.165) is 12.0 Å². The predicted octanol–water partition coefficient (Wildman–Crippen LogP) is 2.52. The van der Waals surface area contributed by atoms with Crippen LogP contribution >= 0.6 is 0 Å². The van der Waals surface area contributed by atoms with Gasteiger partial charge in [0.1, 0.15) is 11.9 Å². The normalized spacial score (nSPS) is 12.3. The molecule has 1 aromatic heterocycles. The van der Waals surface area contributed by atoms with Crippen molar-refractivity contribution in [1.82, 2.24) is 9.88 Å². The van der Waals surface area contributed by atoms with Crippen molar-refractivity contribution in [3.63, 3.8) is 0 Å². The van der Waals surface area contributed by atoms with Crippen molar-refractivity contribution in [3.05, 3.63) is 65.7 Å². The van der Waals surface area contributed by atoms with Crippen LogP contribution in [0.4, 0.5) is 4.39 Å². The van der Waals surface area contributed by atoms with Crippen LogP contribution in [-0.2, 0) is 11.2 Å². The Hall–Kier alpha value is -2.27. The monoisotopic (exact) mass is 288 g/mol. The van der Waals surface area contributed by atoms with Gasteiger partial charge in [0.15, 0.2) is 0 Å². The summed E-state index contributed by atoms with van der Waals surface area (Å²) in [4.78, 5) is 17.2. The number of aliphatic carboxylic acids is 1. The van der Waals surface area contributed by atoms with Crippen LogP contribution in [0.5, 0.6) is 0 Å². The molecular formula is C16H17FN2O2. The van der Waals surface area contributed by atoms with Crippen LogP contribution in [0.3, 0.4) is 0 Å². The maximum absolute atomic E-state index is 13.0. The standard InChI is InChI=1S/C16H17FN2O2/c1-19(11-8-12-6-9-18-10-7-12)15(16(20)21)13-2-4-14(17)5-3-13/h2-7,9-10,15H,8,11H2,1H3,(H,20,21). The molecular weight excluding hydrogens is 271 g/mol. The van der Waals surface area contributed by atoms with Crippen LogP contribution in [-0.4, -0.2) is 34.6 Å². The van der Waals surface area contributed by atoms with Gasteiger partial charge in [-0.2, -0.15) is 0 Å². The van der Waals surface area contributed by atoms with E-state index in [1.54, 1.807) is 24.3 Å². The minimum absolute atomic E-state index is 0.373. The van der Waals surface area contributed by atoms with Crippen LogP contribution in [0.1, 0.15) is 17.2 Å². The molecule has 0 spiro atoms. The molecule has 4 nitrogen and oxygen atoms in total. The van der Waals surface area contributed by atoms with Gasteiger partial charge in [0.05, 0.1) is 0 Å². The molecule has 0 radical (unpaired) electrons. The number of nitrogens with zero attached hydrogens (tertiary/aromatic N) is 2. The first-order chi connectivity index (χ1) is 10.1. The number of pyridine rings is 1. The van der Waals surface area contributed by atoms with Gasteiger partial charge >= 0.3 is 5.97 Å². The number of benzene rings is 1. The van der Waals surface area contributed by atoms with Crippen molar-refractivity contribution < 1.29 is 14.3 Å². The molecule has 1 aromatic carbocycles. The van der Waals surface area contributed by atoms with E-state index in [4.69, 9.17) is 0 Å². The maximum atomic E-state index is 13.0. The number of rotatable bonds is 6. The molecule has 0 bridgehead atoms. The second-order valence-corrected chi connectivity index (χ2v) is 4.88. The van der Waals surface area contributed by atoms with Gasteiger partial charge in [-0.1, -0.05) is 12.1 Å². The zero-order valence-electron chi connectivity index (χ0n) is 11.7. The second-order valence-electron chi connectivity index (χ2n) is 4.88. The fraction of sp³-hybridized carbons (Fsp3) is 0.250. The highest BCUT2D eigenvalue weighted by atomic mass is 19.1. The van der Waals surface area contributed by atoms with Gasteiger partial charge in [0.2, 0.25) is 0 Å². The number of carboxylic acid groups (broad SMARTS) is 1. The van der Waals surface area contributed by atoms with Gasteiger partial charge in [-0.15, -0.1) is 0 Å². The van der Waals surface area contributed by atoms with Crippen molar-refractivity contribution in [2.45, 2.75) is 12.5 Å². The Bertz CT molecular complexity index is 587. The highest BCUT2D eigenvalue weighted by Gasteiger charge is 2.24. The summed E-state index contributed by atoms with van der Waals surface area (Å²) in [6.45, 7) is 0.582. The van der Waals surface area contributed by atoms with E-state index in [-0.39, 0.29) is 5.82 Å². The summed E-state index contributed by atoms with van der Waals surface area (Å²) < 4.78 is 13.0. The molecule has 5 heteroatoms. The van der Waals surface area contributed by atoms with Crippen LogP contribution < -0.4 is 0 Å². The average Bonchev–Trinajstić information content (AvgIpc) is 2.48. The molecule has 0 fully saturated rings. The summed E-state index contributed by atoms with van der Waals surface area (Å²) in [6.07, 6.45) is 4.15. The lowest BCUT2D eigenvalue weighted by Gasteiger charge is -2.25. The highest BCUT2D eigenvalue weighted by molar-refractivity contribution is 5.75. The highest BCUT2D eigenvalue weighted by Crippen LogP contribution is 2.20. The Morgan fingerprint density at radius 3 is 2.43 bits per heavy atom. The Morgan fingerprint density at radius 2 is 1.86 bits per heavy atom. The summed E-state index contributed by atoms with van der Waals surface area (Å²) in [5.41, 5.74) is 1.67. The Labute approximate surface area is 122 Å². The Kier molecular flexibility index (Phi) is 5.00. The topological polar surface area (TPSA) is 53.4 Å². The van der Waals surface area contributed by atoms with E-state index in [0.29, 0.717) is 12.1 Å². The maximum Gasteiger partial charge on any atom is 0.325 e. The van der Waals surface area contributed by atoms with Crippen LogP contribution in [0, 0.1) is 5.82 Å². The van der Waals surface area contributed by atoms with Crippen molar-refractivity contribution in [2.75, 3.05) is 13.6 Å². The molecule has 21 heavy (non-hydrogen) atoms. The third-order valence-corrected chi connectivity index (χ3v) is 3.36. The first-order valence-electron chi connectivity index (χ1n) is 6.65. The SMILES string of the molecule is CN(CCc1ccncc1)C(C(=O)O)c1ccc(F)cc1. The molecule has 1 N–H and O–H groups in total. The third-order valence-electron chi connectivity index (χ3n) is 3.36. The van der Waals surface area contributed by atoms with Gasteiger partial charge in [0.25, 0.3) is 0 Å². The van der Waals surface area contributed by atoms with Crippen LogP contribution in [0.2, 0.25) is 0 Å². The van der Waals surface area contributed by atoms with Crippen molar-refractivity contribution in [2.24, 2.45) is 0 Å². The summed E-state index contributed by atoms with van der Waals surface area (Å²) in [7, 11) is 1.75. The number of halogens is 1. The number of hydrogen-bond donors (Lipinski definition) is 1. The summed E-state index contributed by atoms with van der Waals surface area (Å²) in [6, 6.07) is 8.61. The fourth-order valence-corrected chi connectivity index (χ4v) is 2.21. The van der Waals surface area contributed by atoms with Crippen LogP contribution in [0.25, 0.3) is 0 Å². The minimum atomic E-state index is -0.946. The van der Waals surface area contributed by atoms with Crippen molar-refractivity contribution >= 4 is 5.97 Å². The lowest BCUT2D eigenvalue weighted by Crippen LogP contribution is -2.32. The fourth-order valence-electron chi connectivity index (χ4n) is 2.21. The lowest BCUT2D eigenvalue weighted by atomic mass is 10.0. The molecule has 0 amide bonds. The molecule has 0 saturated carbocycles. The zero-order valence-corrected chi connectivity index (χ0v) is 11.7. The smallest absolute Gasteiger partial charge is 0.325 e. The van der Waals surface area contributed by atoms with E-state index in [1.165, 1.54) is 24.3 Å². The number of aromatic nitrogens is 1. The molecule has 0 aliphatic heterocycles. The lowest BCUT2D eigenvalue weighted by molar-refractivity contribution is -0.143. The minimum Gasteiger partial charge on any atom is -0.480 e. The van der Waals surface area contributed by atoms with E-state index in [1.807, 2.05) is 12.1 Å². The molecule has 110 valence electrons. The molecule has 0 saturated heterocycles. The summed E-state index contributed by atoms with van der Waals surface area (Å²) >= 11 is 0. The van der Waals surface area contributed by atoms with Crippen molar-refractivity contribution in [3.8, 4) is 0 Å². The third kappa shape index (κ3) is 4.10. The van der Waals surface area contributed by atoms with Crippen LogP contribution in [0.15, 0.2) is 48.8 Å². The number of likely N-dealkylation sites (N-methyl/N-ethyl adjacent to an activating group) is 1. The molecule has 1 unspecified atom stereocenters. The number of carbonyl (C=O) groups is 1. The van der Waals surface area contributed by atoms with E-state index < -0.39 is 12.0 Å².